The summed E-state index contributed by atoms with van der Waals surface area (Å²) in [6.45, 7) is 5.48. The molecule has 0 aromatic heterocycles. The fourth-order valence-electron chi connectivity index (χ4n) is 1.35. The normalized spacial score (nSPS) is 13.1. The summed E-state index contributed by atoms with van der Waals surface area (Å²) in [5.41, 5.74) is 0.594. The van der Waals surface area contributed by atoms with Gasteiger partial charge < -0.3 is 10.4 Å². The summed E-state index contributed by atoms with van der Waals surface area (Å²) >= 11 is 3.08. The van der Waals surface area contributed by atoms with Crippen molar-refractivity contribution in [2.24, 2.45) is 5.92 Å². The fourth-order valence-corrected chi connectivity index (χ4v) is 1.59. The second-order valence-electron chi connectivity index (χ2n) is 4.24. The van der Waals surface area contributed by atoms with Gasteiger partial charge in [-0.15, -0.1) is 0 Å². The molecule has 1 unspecified atom stereocenters. The van der Waals surface area contributed by atoms with E-state index in [1.165, 1.54) is 6.07 Å². The summed E-state index contributed by atoms with van der Waals surface area (Å²) in [5.74, 6) is 0.189. The van der Waals surface area contributed by atoms with Crippen molar-refractivity contribution in [3.63, 3.8) is 0 Å². The first kappa shape index (κ1) is 13.6. The molecule has 1 atom stereocenters. The SMILES string of the molecule is CC(C)CNCC(O)c1ccc(Br)c(F)c1. The monoisotopic (exact) mass is 289 g/mol. The molecule has 1 rings (SSSR count). The first-order chi connectivity index (χ1) is 7.50. The average Bonchev–Trinajstić information content (AvgIpc) is 2.21. The van der Waals surface area contributed by atoms with E-state index in [9.17, 15) is 9.50 Å². The summed E-state index contributed by atoms with van der Waals surface area (Å²) in [4.78, 5) is 0. The summed E-state index contributed by atoms with van der Waals surface area (Å²) in [6, 6.07) is 4.68. The predicted molar refractivity (Wildman–Crippen MR) is 66.8 cm³/mol. The van der Waals surface area contributed by atoms with Crippen LogP contribution in [0.3, 0.4) is 0 Å². The van der Waals surface area contributed by atoms with Crippen LogP contribution in [0.15, 0.2) is 22.7 Å². The van der Waals surface area contributed by atoms with E-state index in [4.69, 9.17) is 0 Å². The maximum absolute atomic E-state index is 13.2. The number of aliphatic hydroxyl groups excluding tert-OH is 1. The van der Waals surface area contributed by atoms with Gasteiger partial charge in [0.05, 0.1) is 10.6 Å². The van der Waals surface area contributed by atoms with E-state index in [0.29, 0.717) is 22.5 Å². The van der Waals surface area contributed by atoms with Crippen molar-refractivity contribution in [3.05, 3.63) is 34.1 Å². The Morgan fingerprint density at radius 1 is 1.38 bits per heavy atom. The van der Waals surface area contributed by atoms with Crippen LogP contribution in [0.4, 0.5) is 4.39 Å². The van der Waals surface area contributed by atoms with Crippen LogP contribution in [0.5, 0.6) is 0 Å². The second-order valence-corrected chi connectivity index (χ2v) is 5.10. The molecule has 0 saturated carbocycles. The summed E-state index contributed by atoms with van der Waals surface area (Å²) in [6.07, 6.45) is -0.665. The first-order valence-electron chi connectivity index (χ1n) is 5.34. The molecule has 0 heterocycles. The molecule has 16 heavy (non-hydrogen) atoms. The largest absolute Gasteiger partial charge is 0.387 e. The van der Waals surface area contributed by atoms with Crippen molar-refractivity contribution in [1.29, 1.82) is 0 Å². The molecule has 0 aliphatic heterocycles. The van der Waals surface area contributed by atoms with Crippen molar-refractivity contribution in [2.75, 3.05) is 13.1 Å². The number of hydrogen-bond acceptors (Lipinski definition) is 2. The highest BCUT2D eigenvalue weighted by Gasteiger charge is 2.09. The minimum absolute atomic E-state index is 0.347. The zero-order chi connectivity index (χ0) is 12.1. The molecule has 1 aromatic rings. The Balaban J connectivity index is 2.52. The summed E-state index contributed by atoms with van der Waals surface area (Å²) < 4.78 is 13.6. The standard InChI is InChI=1S/C12H17BrFNO/c1-8(2)6-15-7-12(16)9-3-4-10(13)11(14)5-9/h3-5,8,12,15-16H,6-7H2,1-2H3. The lowest BCUT2D eigenvalue weighted by molar-refractivity contribution is 0.173. The van der Waals surface area contributed by atoms with Gasteiger partial charge in [0.25, 0.3) is 0 Å². The van der Waals surface area contributed by atoms with E-state index in [1.54, 1.807) is 12.1 Å². The third-order valence-electron chi connectivity index (χ3n) is 2.22. The smallest absolute Gasteiger partial charge is 0.137 e. The van der Waals surface area contributed by atoms with E-state index < -0.39 is 6.10 Å². The van der Waals surface area contributed by atoms with Crippen LogP contribution in [0.2, 0.25) is 0 Å². The Labute approximate surface area is 104 Å². The number of rotatable bonds is 5. The van der Waals surface area contributed by atoms with E-state index in [-0.39, 0.29) is 5.82 Å². The van der Waals surface area contributed by atoms with Crippen molar-refractivity contribution < 1.29 is 9.50 Å². The van der Waals surface area contributed by atoms with Crippen LogP contribution in [-0.2, 0) is 0 Å². The Kier molecular flexibility index (Phi) is 5.38. The molecule has 0 saturated heterocycles. The minimum atomic E-state index is -0.665. The van der Waals surface area contributed by atoms with Gasteiger partial charge in [0, 0.05) is 6.54 Å². The van der Waals surface area contributed by atoms with Crippen molar-refractivity contribution in [3.8, 4) is 0 Å². The van der Waals surface area contributed by atoms with Crippen LogP contribution in [-0.4, -0.2) is 18.2 Å². The van der Waals surface area contributed by atoms with Crippen LogP contribution in [0, 0.1) is 11.7 Å². The number of halogens is 2. The van der Waals surface area contributed by atoms with E-state index >= 15 is 0 Å². The fraction of sp³-hybridized carbons (Fsp3) is 0.500. The third-order valence-corrected chi connectivity index (χ3v) is 2.86. The molecule has 1 aromatic carbocycles. The molecule has 0 radical (unpaired) electrons. The summed E-state index contributed by atoms with van der Waals surface area (Å²) in [7, 11) is 0. The average molecular weight is 290 g/mol. The molecule has 90 valence electrons. The molecular formula is C12H17BrFNO. The van der Waals surface area contributed by atoms with Gasteiger partial charge in [0.2, 0.25) is 0 Å². The van der Waals surface area contributed by atoms with Gasteiger partial charge in [-0.05, 0) is 46.1 Å². The molecule has 0 amide bonds. The topological polar surface area (TPSA) is 32.3 Å². The molecule has 0 spiro atoms. The van der Waals surface area contributed by atoms with E-state index in [0.717, 1.165) is 6.54 Å². The van der Waals surface area contributed by atoms with Gasteiger partial charge in [-0.2, -0.15) is 0 Å². The number of benzene rings is 1. The van der Waals surface area contributed by atoms with Crippen LogP contribution < -0.4 is 5.32 Å². The van der Waals surface area contributed by atoms with E-state index in [2.05, 4.69) is 35.1 Å². The lowest BCUT2D eigenvalue weighted by atomic mass is 10.1. The van der Waals surface area contributed by atoms with Crippen LogP contribution in [0.1, 0.15) is 25.5 Å². The van der Waals surface area contributed by atoms with Gasteiger partial charge in [-0.1, -0.05) is 19.9 Å². The third kappa shape index (κ3) is 4.20. The Morgan fingerprint density at radius 3 is 2.62 bits per heavy atom. The van der Waals surface area contributed by atoms with Crippen LogP contribution in [0.25, 0.3) is 0 Å². The molecule has 2 nitrogen and oxygen atoms in total. The molecule has 2 N–H and O–H groups in total. The first-order valence-corrected chi connectivity index (χ1v) is 6.13. The molecule has 4 heteroatoms. The quantitative estimate of drug-likeness (QED) is 0.874. The highest BCUT2D eigenvalue weighted by molar-refractivity contribution is 9.10. The lowest BCUT2D eigenvalue weighted by Gasteiger charge is -2.13. The maximum Gasteiger partial charge on any atom is 0.137 e. The van der Waals surface area contributed by atoms with Gasteiger partial charge in [-0.25, -0.2) is 4.39 Å². The Hall–Kier alpha value is -0.450. The van der Waals surface area contributed by atoms with Crippen molar-refractivity contribution in [2.45, 2.75) is 20.0 Å². The molecule has 0 bridgehead atoms. The molecule has 0 fully saturated rings. The number of aliphatic hydroxyl groups is 1. The van der Waals surface area contributed by atoms with Gasteiger partial charge in [-0.3, -0.25) is 0 Å². The number of hydrogen-bond donors (Lipinski definition) is 2. The van der Waals surface area contributed by atoms with Crippen molar-refractivity contribution >= 4 is 15.9 Å². The second kappa shape index (κ2) is 6.33. The predicted octanol–water partition coefficient (Wildman–Crippen LogP) is 2.87. The van der Waals surface area contributed by atoms with Gasteiger partial charge in [0.1, 0.15) is 5.82 Å². The molecular weight excluding hydrogens is 273 g/mol. The zero-order valence-electron chi connectivity index (χ0n) is 9.50. The Morgan fingerprint density at radius 2 is 2.06 bits per heavy atom. The molecule has 0 aliphatic rings. The van der Waals surface area contributed by atoms with E-state index in [1.807, 2.05) is 0 Å². The van der Waals surface area contributed by atoms with Gasteiger partial charge in [0.15, 0.2) is 0 Å². The Bertz CT molecular complexity index is 344. The molecule has 0 aliphatic carbocycles. The lowest BCUT2D eigenvalue weighted by Crippen LogP contribution is -2.25. The highest BCUT2D eigenvalue weighted by Crippen LogP contribution is 2.20. The summed E-state index contributed by atoms with van der Waals surface area (Å²) in [5, 5.41) is 12.9. The van der Waals surface area contributed by atoms with Gasteiger partial charge >= 0.3 is 0 Å². The van der Waals surface area contributed by atoms with Crippen molar-refractivity contribution in [1.82, 2.24) is 5.32 Å². The highest BCUT2D eigenvalue weighted by atomic mass is 79.9. The number of nitrogens with one attached hydrogen (secondary N) is 1. The minimum Gasteiger partial charge on any atom is -0.387 e. The maximum atomic E-state index is 13.2. The zero-order valence-corrected chi connectivity index (χ0v) is 11.1. The van der Waals surface area contributed by atoms with Crippen LogP contribution >= 0.6 is 15.9 Å².